The number of esters is 1. The van der Waals surface area contributed by atoms with Gasteiger partial charge in [0.25, 0.3) is 0 Å². The van der Waals surface area contributed by atoms with E-state index in [1.54, 1.807) is 0 Å². The van der Waals surface area contributed by atoms with Crippen LogP contribution in [0.15, 0.2) is 12.2 Å². The first-order valence-corrected chi connectivity index (χ1v) is 13.2. The molecule has 0 saturated carbocycles. The predicted octanol–water partition coefficient (Wildman–Crippen LogP) is 4.63. The second kappa shape index (κ2) is 21.1. The molecule has 0 rings (SSSR count). The first kappa shape index (κ1) is 30.2. The second-order valence-corrected chi connectivity index (χ2v) is 9.16. The number of aliphatic hydroxyl groups excluding tert-OH is 1. The number of ether oxygens (including phenoxy) is 1. The van der Waals surface area contributed by atoms with E-state index in [-0.39, 0.29) is 19.8 Å². The topological polar surface area (TPSA) is 128 Å². The van der Waals surface area contributed by atoms with Crippen LogP contribution in [0.1, 0.15) is 90.4 Å². The lowest BCUT2D eigenvalue weighted by Gasteiger charge is -2.15. The van der Waals surface area contributed by atoms with Crippen molar-refractivity contribution in [2.45, 2.75) is 96.5 Å². The average Bonchev–Trinajstić information content (AvgIpc) is 2.75. The number of allylic oxidation sites excluding steroid dienone is 2. The van der Waals surface area contributed by atoms with Crippen LogP contribution in [0.4, 0.5) is 0 Å². The third-order valence-corrected chi connectivity index (χ3v) is 5.62. The van der Waals surface area contributed by atoms with Crippen molar-refractivity contribution in [2.75, 3.05) is 26.4 Å². The number of carbonyl (C=O) groups is 1. The van der Waals surface area contributed by atoms with Gasteiger partial charge in [-0.1, -0.05) is 64.0 Å². The number of aliphatic hydroxyl groups is 1. The smallest absolute Gasteiger partial charge is 0.463 e. The Kier molecular flexibility index (Phi) is 20.6. The predicted molar refractivity (Wildman–Crippen MR) is 123 cm³/mol. The molecule has 0 aliphatic rings. The van der Waals surface area contributed by atoms with Crippen LogP contribution in [0.3, 0.4) is 0 Å². The molecule has 0 aromatic carbocycles. The molecule has 0 spiro atoms. The number of nitrogens with two attached hydrogens (primary N) is 1. The highest BCUT2D eigenvalue weighted by atomic mass is 31.2. The zero-order valence-electron chi connectivity index (χ0n) is 19.2. The van der Waals surface area contributed by atoms with E-state index >= 15 is 0 Å². The van der Waals surface area contributed by atoms with E-state index in [4.69, 9.17) is 10.5 Å². The van der Waals surface area contributed by atoms with E-state index in [2.05, 4.69) is 28.1 Å². The summed E-state index contributed by atoms with van der Waals surface area (Å²) in [5, 5.41) is 9.66. The lowest BCUT2D eigenvalue weighted by atomic mass is 10.1. The van der Waals surface area contributed by atoms with Gasteiger partial charge < -0.3 is 20.5 Å². The van der Waals surface area contributed by atoms with Gasteiger partial charge in [-0.25, -0.2) is 4.57 Å². The zero-order valence-corrected chi connectivity index (χ0v) is 20.1. The summed E-state index contributed by atoms with van der Waals surface area (Å²) in [7, 11) is -4.24. The highest BCUT2D eigenvalue weighted by Crippen LogP contribution is 2.42. The highest BCUT2D eigenvalue weighted by molar-refractivity contribution is 7.47. The molecular formula is C22H44NO7P. The molecule has 0 aromatic rings. The molecule has 0 aromatic heterocycles. The molecule has 8 nitrogen and oxygen atoms in total. The van der Waals surface area contributed by atoms with Crippen molar-refractivity contribution in [1.82, 2.24) is 0 Å². The van der Waals surface area contributed by atoms with Gasteiger partial charge in [-0.3, -0.25) is 13.8 Å². The number of rotatable bonds is 22. The van der Waals surface area contributed by atoms with Crippen molar-refractivity contribution in [3.63, 3.8) is 0 Å². The SMILES string of the molecule is CCCCCCC=CCCCCCCCCC(=O)OCC(O)COP(=O)(O)OCCN. The van der Waals surface area contributed by atoms with E-state index < -0.39 is 26.5 Å². The van der Waals surface area contributed by atoms with Crippen molar-refractivity contribution in [3.8, 4) is 0 Å². The van der Waals surface area contributed by atoms with Gasteiger partial charge in [0.15, 0.2) is 0 Å². The molecule has 0 heterocycles. The maximum Gasteiger partial charge on any atom is 0.472 e. The van der Waals surface area contributed by atoms with Gasteiger partial charge in [0, 0.05) is 13.0 Å². The van der Waals surface area contributed by atoms with Crippen LogP contribution < -0.4 is 5.73 Å². The Morgan fingerprint density at radius 1 is 0.935 bits per heavy atom. The van der Waals surface area contributed by atoms with Gasteiger partial charge in [0.05, 0.1) is 13.2 Å². The molecule has 9 heteroatoms. The average molecular weight is 466 g/mol. The Morgan fingerprint density at radius 2 is 1.52 bits per heavy atom. The first-order chi connectivity index (χ1) is 14.9. The molecule has 0 bridgehead atoms. The fraction of sp³-hybridized carbons (Fsp3) is 0.864. The summed E-state index contributed by atoms with van der Waals surface area (Å²) in [6, 6.07) is 0. The van der Waals surface area contributed by atoms with Crippen LogP contribution in [-0.4, -0.2) is 48.4 Å². The van der Waals surface area contributed by atoms with E-state index in [0.717, 1.165) is 25.7 Å². The number of unbranched alkanes of at least 4 members (excludes halogenated alkanes) is 10. The standard InChI is InChI=1S/C22H44NO7P/c1-2-3-4-5-6-7-8-9-10-11-12-13-14-15-16-22(25)28-19-21(24)20-30-31(26,27)29-18-17-23/h7-8,21,24H,2-6,9-20,23H2,1H3,(H,26,27). The number of phosphoric ester groups is 1. The highest BCUT2D eigenvalue weighted by Gasteiger charge is 2.22. The van der Waals surface area contributed by atoms with E-state index in [9.17, 15) is 19.4 Å². The van der Waals surface area contributed by atoms with Crippen molar-refractivity contribution >= 4 is 13.8 Å². The maximum absolute atomic E-state index is 11.7. The fourth-order valence-corrected chi connectivity index (χ4v) is 3.63. The van der Waals surface area contributed by atoms with Crippen molar-refractivity contribution in [2.24, 2.45) is 5.73 Å². The molecular weight excluding hydrogens is 421 g/mol. The van der Waals surface area contributed by atoms with Crippen molar-refractivity contribution in [1.29, 1.82) is 0 Å². The summed E-state index contributed by atoms with van der Waals surface area (Å²) >= 11 is 0. The summed E-state index contributed by atoms with van der Waals surface area (Å²) in [6.07, 6.45) is 17.7. The van der Waals surface area contributed by atoms with E-state index in [1.807, 2.05) is 0 Å². The van der Waals surface area contributed by atoms with E-state index in [1.165, 1.54) is 51.4 Å². The van der Waals surface area contributed by atoms with Crippen LogP contribution in [0.25, 0.3) is 0 Å². The monoisotopic (exact) mass is 465 g/mol. The third-order valence-electron chi connectivity index (χ3n) is 4.63. The van der Waals surface area contributed by atoms with Gasteiger partial charge in [-0.05, 0) is 32.1 Å². The summed E-state index contributed by atoms with van der Waals surface area (Å²) in [5.41, 5.74) is 5.16. The maximum atomic E-state index is 11.7. The van der Waals surface area contributed by atoms with E-state index in [0.29, 0.717) is 6.42 Å². The zero-order chi connectivity index (χ0) is 23.2. The molecule has 0 aliphatic carbocycles. The van der Waals surface area contributed by atoms with Gasteiger partial charge in [-0.15, -0.1) is 0 Å². The third kappa shape index (κ3) is 22.2. The molecule has 31 heavy (non-hydrogen) atoms. The molecule has 0 amide bonds. The summed E-state index contributed by atoms with van der Waals surface area (Å²) < 4.78 is 25.5. The molecule has 0 radical (unpaired) electrons. The minimum Gasteiger partial charge on any atom is -0.463 e. The number of phosphoric acid groups is 1. The summed E-state index contributed by atoms with van der Waals surface area (Å²) in [5.74, 6) is -0.394. The summed E-state index contributed by atoms with van der Waals surface area (Å²) in [4.78, 5) is 21.0. The molecule has 0 saturated heterocycles. The summed E-state index contributed by atoms with van der Waals surface area (Å²) in [6.45, 7) is 1.41. The van der Waals surface area contributed by atoms with Gasteiger partial charge >= 0.3 is 13.8 Å². The second-order valence-electron chi connectivity index (χ2n) is 7.70. The Morgan fingerprint density at radius 3 is 2.13 bits per heavy atom. The van der Waals surface area contributed by atoms with Gasteiger partial charge in [-0.2, -0.15) is 0 Å². The van der Waals surface area contributed by atoms with Crippen LogP contribution in [0, 0.1) is 0 Å². The van der Waals surface area contributed by atoms with Gasteiger partial charge in [0.2, 0.25) is 0 Å². The Hall–Kier alpha value is -0.760. The number of hydrogen-bond acceptors (Lipinski definition) is 7. The van der Waals surface area contributed by atoms with Crippen LogP contribution in [0.5, 0.6) is 0 Å². The Balaban J connectivity index is 3.50. The Labute approximate surface area is 188 Å². The Bertz CT molecular complexity index is 502. The van der Waals surface area contributed by atoms with Crippen LogP contribution >= 0.6 is 7.82 Å². The largest absolute Gasteiger partial charge is 0.472 e. The molecule has 4 N–H and O–H groups in total. The fourth-order valence-electron chi connectivity index (χ4n) is 2.86. The number of carbonyl (C=O) groups excluding carboxylic acids is 1. The molecule has 0 aliphatic heterocycles. The van der Waals surface area contributed by atoms with Gasteiger partial charge in [0.1, 0.15) is 12.7 Å². The quantitative estimate of drug-likeness (QED) is 0.0913. The first-order valence-electron chi connectivity index (χ1n) is 11.7. The molecule has 184 valence electrons. The minimum atomic E-state index is -4.24. The lowest BCUT2D eigenvalue weighted by Crippen LogP contribution is -2.23. The number of hydrogen-bond donors (Lipinski definition) is 3. The lowest BCUT2D eigenvalue weighted by molar-refractivity contribution is -0.147. The normalized spacial score (nSPS) is 14.6. The van der Waals surface area contributed by atoms with Crippen molar-refractivity contribution in [3.05, 3.63) is 12.2 Å². The molecule has 2 atom stereocenters. The van der Waals surface area contributed by atoms with Crippen molar-refractivity contribution < 1.29 is 33.1 Å². The molecule has 2 unspecified atom stereocenters. The van der Waals surface area contributed by atoms with Crippen LogP contribution in [0.2, 0.25) is 0 Å². The molecule has 0 fully saturated rings. The van der Waals surface area contributed by atoms with Crippen LogP contribution in [-0.2, 0) is 23.1 Å². The minimum absolute atomic E-state index is 0.0741.